The standard InChI is InChI=1S/C19H31N3O3S.HI/c1-6-20-18(21-12-19(23)7-8-26-13-19)22(3)11-15-10-17(25-5)16(24-4)9-14(15)2;/h9-10,23H,6-8,11-13H2,1-5H3,(H,20,21);1H. The van der Waals surface area contributed by atoms with Crippen molar-refractivity contribution in [3.05, 3.63) is 23.3 Å². The highest BCUT2D eigenvalue weighted by molar-refractivity contribution is 14.0. The summed E-state index contributed by atoms with van der Waals surface area (Å²) in [5.41, 5.74) is 1.60. The maximum Gasteiger partial charge on any atom is 0.194 e. The zero-order valence-electron chi connectivity index (χ0n) is 16.9. The van der Waals surface area contributed by atoms with Crippen molar-refractivity contribution >= 4 is 41.7 Å². The summed E-state index contributed by atoms with van der Waals surface area (Å²) >= 11 is 1.79. The first-order valence-electron chi connectivity index (χ1n) is 8.93. The Kier molecular flexibility index (Phi) is 10.0. The van der Waals surface area contributed by atoms with Crippen LogP contribution < -0.4 is 14.8 Å². The van der Waals surface area contributed by atoms with Crippen molar-refractivity contribution in [1.82, 2.24) is 10.2 Å². The van der Waals surface area contributed by atoms with E-state index in [4.69, 9.17) is 9.47 Å². The third-order valence-electron chi connectivity index (χ3n) is 4.55. The number of aliphatic imine (C=N–C) groups is 1. The highest BCUT2D eigenvalue weighted by Gasteiger charge is 2.31. The Labute approximate surface area is 184 Å². The molecule has 0 amide bonds. The van der Waals surface area contributed by atoms with E-state index in [-0.39, 0.29) is 24.0 Å². The quantitative estimate of drug-likeness (QED) is 0.335. The lowest BCUT2D eigenvalue weighted by molar-refractivity contribution is 0.0776. The minimum atomic E-state index is -0.675. The van der Waals surface area contributed by atoms with E-state index >= 15 is 0 Å². The molecule has 27 heavy (non-hydrogen) atoms. The molecular weight excluding hydrogens is 477 g/mol. The molecule has 1 aromatic rings. The molecule has 154 valence electrons. The van der Waals surface area contributed by atoms with Crippen LogP contribution >= 0.6 is 35.7 Å². The summed E-state index contributed by atoms with van der Waals surface area (Å²) in [6, 6.07) is 4.00. The lowest BCUT2D eigenvalue weighted by atomic mass is 10.0. The number of nitrogens with zero attached hydrogens (tertiary/aromatic N) is 2. The Morgan fingerprint density at radius 2 is 2.00 bits per heavy atom. The number of halogens is 1. The number of methoxy groups -OCH3 is 2. The first-order valence-corrected chi connectivity index (χ1v) is 10.1. The van der Waals surface area contributed by atoms with Crippen molar-refractivity contribution in [2.45, 2.75) is 32.4 Å². The van der Waals surface area contributed by atoms with Crippen LogP contribution in [0.1, 0.15) is 24.5 Å². The maximum absolute atomic E-state index is 10.5. The fraction of sp³-hybridized carbons (Fsp3) is 0.632. The summed E-state index contributed by atoms with van der Waals surface area (Å²) in [5, 5.41) is 13.9. The summed E-state index contributed by atoms with van der Waals surface area (Å²) in [6.45, 7) is 6.00. The lowest BCUT2D eigenvalue weighted by Crippen LogP contribution is -2.41. The van der Waals surface area contributed by atoms with Gasteiger partial charge in [-0.05, 0) is 49.3 Å². The summed E-state index contributed by atoms with van der Waals surface area (Å²) < 4.78 is 10.8. The molecule has 1 fully saturated rings. The van der Waals surface area contributed by atoms with Crippen molar-refractivity contribution in [1.29, 1.82) is 0 Å². The second-order valence-electron chi connectivity index (χ2n) is 6.69. The van der Waals surface area contributed by atoms with Gasteiger partial charge in [-0.25, -0.2) is 0 Å². The molecule has 0 aromatic heterocycles. The van der Waals surface area contributed by atoms with Crippen LogP contribution in [0.15, 0.2) is 17.1 Å². The zero-order valence-corrected chi connectivity index (χ0v) is 20.0. The van der Waals surface area contributed by atoms with Gasteiger partial charge < -0.3 is 24.8 Å². The number of rotatable bonds is 7. The second kappa shape index (κ2) is 11.2. The van der Waals surface area contributed by atoms with Crippen molar-refractivity contribution in [2.24, 2.45) is 4.99 Å². The van der Waals surface area contributed by atoms with Gasteiger partial charge in [0.1, 0.15) is 0 Å². The normalized spacial score (nSPS) is 19.4. The summed E-state index contributed by atoms with van der Waals surface area (Å²) in [6.07, 6.45) is 0.805. The number of benzene rings is 1. The molecule has 1 aromatic carbocycles. The minimum Gasteiger partial charge on any atom is -0.493 e. The molecule has 1 unspecified atom stereocenters. The van der Waals surface area contributed by atoms with Gasteiger partial charge in [-0.15, -0.1) is 24.0 Å². The third-order valence-corrected chi connectivity index (χ3v) is 5.79. The Balaban J connectivity index is 0.00000364. The molecule has 2 rings (SSSR count). The fourth-order valence-corrected chi connectivity index (χ4v) is 4.22. The molecule has 0 spiro atoms. The molecule has 1 aliphatic rings. The number of guanidine groups is 1. The molecule has 2 N–H and O–H groups in total. The topological polar surface area (TPSA) is 66.3 Å². The number of aryl methyl sites for hydroxylation is 1. The summed E-state index contributed by atoms with van der Waals surface area (Å²) in [4.78, 5) is 6.75. The summed E-state index contributed by atoms with van der Waals surface area (Å²) in [7, 11) is 5.29. The minimum absolute atomic E-state index is 0. The van der Waals surface area contributed by atoms with Gasteiger partial charge in [0.05, 0.1) is 26.4 Å². The van der Waals surface area contributed by atoms with Gasteiger partial charge in [0.15, 0.2) is 17.5 Å². The van der Waals surface area contributed by atoms with Gasteiger partial charge in [-0.1, -0.05) is 0 Å². The summed E-state index contributed by atoms with van der Waals surface area (Å²) in [5.74, 6) is 4.02. The second-order valence-corrected chi connectivity index (χ2v) is 7.79. The molecular formula is C19H32IN3O3S. The van der Waals surface area contributed by atoms with Crippen LogP contribution in [0.2, 0.25) is 0 Å². The van der Waals surface area contributed by atoms with E-state index in [9.17, 15) is 5.11 Å². The van der Waals surface area contributed by atoms with E-state index < -0.39 is 5.60 Å². The molecule has 1 saturated heterocycles. The monoisotopic (exact) mass is 509 g/mol. The molecule has 0 saturated carbocycles. The van der Waals surface area contributed by atoms with Gasteiger partial charge >= 0.3 is 0 Å². The zero-order chi connectivity index (χ0) is 19.2. The maximum atomic E-state index is 10.5. The highest BCUT2D eigenvalue weighted by Crippen LogP contribution is 2.31. The molecule has 8 heteroatoms. The van der Waals surface area contributed by atoms with Crippen LogP contribution in [0.4, 0.5) is 0 Å². The first-order chi connectivity index (χ1) is 12.4. The van der Waals surface area contributed by atoms with Crippen LogP contribution in [-0.4, -0.2) is 67.4 Å². The van der Waals surface area contributed by atoms with Gasteiger partial charge in [-0.2, -0.15) is 11.8 Å². The molecule has 0 aliphatic carbocycles. The highest BCUT2D eigenvalue weighted by atomic mass is 127. The number of thioether (sulfide) groups is 1. The molecule has 1 atom stereocenters. The van der Waals surface area contributed by atoms with Crippen LogP contribution in [-0.2, 0) is 6.54 Å². The average molecular weight is 509 g/mol. The average Bonchev–Trinajstić information content (AvgIpc) is 3.06. The van der Waals surface area contributed by atoms with Crippen molar-refractivity contribution in [2.75, 3.05) is 45.9 Å². The Morgan fingerprint density at radius 1 is 1.33 bits per heavy atom. The Morgan fingerprint density at radius 3 is 2.56 bits per heavy atom. The van der Waals surface area contributed by atoms with E-state index in [1.54, 1.807) is 26.0 Å². The lowest BCUT2D eigenvalue weighted by Gasteiger charge is -2.25. The predicted octanol–water partition coefficient (Wildman–Crippen LogP) is 2.90. The van der Waals surface area contributed by atoms with E-state index in [1.807, 2.05) is 26.1 Å². The van der Waals surface area contributed by atoms with Gasteiger partial charge in [-0.3, -0.25) is 4.99 Å². The van der Waals surface area contributed by atoms with Crippen molar-refractivity contribution < 1.29 is 14.6 Å². The van der Waals surface area contributed by atoms with Gasteiger partial charge in [0.25, 0.3) is 0 Å². The molecule has 1 heterocycles. The number of hydrogen-bond acceptors (Lipinski definition) is 5. The largest absolute Gasteiger partial charge is 0.493 e. The van der Waals surface area contributed by atoms with Gasteiger partial charge in [0.2, 0.25) is 0 Å². The Hall–Kier alpha value is -0.870. The van der Waals surface area contributed by atoms with Crippen LogP contribution in [0.3, 0.4) is 0 Å². The van der Waals surface area contributed by atoms with Crippen LogP contribution in [0.25, 0.3) is 0 Å². The molecule has 0 radical (unpaired) electrons. The molecule has 0 bridgehead atoms. The Bertz CT molecular complexity index is 637. The van der Waals surface area contributed by atoms with Crippen molar-refractivity contribution in [3.63, 3.8) is 0 Å². The number of aliphatic hydroxyl groups is 1. The SMILES string of the molecule is CCNC(=NCC1(O)CCSC1)N(C)Cc1cc(OC)c(OC)cc1C.I. The first kappa shape index (κ1) is 24.2. The van der Waals surface area contributed by atoms with E-state index in [2.05, 4.69) is 22.1 Å². The van der Waals surface area contributed by atoms with Crippen LogP contribution in [0.5, 0.6) is 11.5 Å². The van der Waals surface area contributed by atoms with E-state index in [0.717, 1.165) is 53.1 Å². The van der Waals surface area contributed by atoms with E-state index in [0.29, 0.717) is 13.1 Å². The number of hydrogen-bond donors (Lipinski definition) is 2. The van der Waals surface area contributed by atoms with E-state index in [1.165, 1.54) is 0 Å². The third kappa shape index (κ3) is 6.60. The van der Waals surface area contributed by atoms with Crippen molar-refractivity contribution in [3.8, 4) is 11.5 Å². The number of nitrogens with one attached hydrogen (secondary N) is 1. The molecule has 1 aliphatic heterocycles. The fourth-order valence-electron chi connectivity index (χ4n) is 2.94. The van der Waals surface area contributed by atoms with Gasteiger partial charge in [0, 0.05) is 25.9 Å². The molecule has 6 nitrogen and oxygen atoms in total. The predicted molar refractivity (Wildman–Crippen MR) is 124 cm³/mol. The number of ether oxygens (including phenoxy) is 2. The van der Waals surface area contributed by atoms with Crippen LogP contribution in [0, 0.1) is 6.92 Å². The smallest absolute Gasteiger partial charge is 0.194 e.